The summed E-state index contributed by atoms with van der Waals surface area (Å²) in [5.74, 6) is -0.893. The first-order chi connectivity index (χ1) is 9.83. The van der Waals surface area contributed by atoms with Crippen molar-refractivity contribution in [3.63, 3.8) is 0 Å². The molecule has 1 atom stereocenters. The summed E-state index contributed by atoms with van der Waals surface area (Å²) in [6.45, 7) is 7.64. The topological polar surface area (TPSA) is 49.3 Å². The Morgan fingerprint density at radius 3 is 2.29 bits per heavy atom. The largest absolute Gasteiger partial charge is 0.479 e. The Labute approximate surface area is 125 Å². The predicted octanol–water partition coefficient (Wildman–Crippen LogP) is 4.02. The number of nitrogens with one attached hydrogen (secondary N) is 1. The Hall–Kier alpha value is -2.29. The summed E-state index contributed by atoms with van der Waals surface area (Å²) in [5, 5.41) is 12.9. The summed E-state index contributed by atoms with van der Waals surface area (Å²) in [4.78, 5) is 11.9. The number of carbonyl (C=O) groups is 1. The molecule has 0 aromatic heterocycles. The van der Waals surface area contributed by atoms with Gasteiger partial charge in [-0.25, -0.2) is 4.79 Å². The molecule has 2 aromatic carbocycles. The fraction of sp³-hybridized carbons (Fsp3) is 0.278. The van der Waals surface area contributed by atoms with Crippen LogP contribution in [0.4, 0.5) is 5.69 Å². The Kier molecular flexibility index (Phi) is 4.03. The van der Waals surface area contributed by atoms with Gasteiger partial charge in [0.2, 0.25) is 0 Å². The number of benzene rings is 2. The average molecular weight is 283 g/mol. The standard InChI is InChI=1S/C18H21NO2/c1-12-6-5-7-15(11-12)19-18(4,17(20)21)16-9-8-13(2)10-14(16)3/h5-11,19H,1-4H3,(H,20,21). The lowest BCUT2D eigenvalue weighted by molar-refractivity contribution is -0.142. The summed E-state index contributed by atoms with van der Waals surface area (Å²) in [6.07, 6.45) is 0. The number of hydrogen-bond donors (Lipinski definition) is 2. The third-order valence-corrected chi connectivity index (χ3v) is 3.76. The van der Waals surface area contributed by atoms with E-state index >= 15 is 0 Å². The molecule has 3 nitrogen and oxygen atoms in total. The zero-order chi connectivity index (χ0) is 15.6. The van der Waals surface area contributed by atoms with Gasteiger partial charge in [-0.2, -0.15) is 0 Å². The van der Waals surface area contributed by atoms with Crippen molar-refractivity contribution in [2.45, 2.75) is 33.2 Å². The van der Waals surface area contributed by atoms with Crippen LogP contribution in [0, 0.1) is 20.8 Å². The maximum atomic E-state index is 11.9. The van der Waals surface area contributed by atoms with Gasteiger partial charge in [-0.05, 0) is 56.5 Å². The first-order valence-corrected chi connectivity index (χ1v) is 6.99. The zero-order valence-electron chi connectivity index (χ0n) is 12.9. The van der Waals surface area contributed by atoms with Crippen LogP contribution in [-0.4, -0.2) is 11.1 Å². The van der Waals surface area contributed by atoms with E-state index in [0.29, 0.717) is 0 Å². The van der Waals surface area contributed by atoms with Crippen molar-refractivity contribution >= 4 is 11.7 Å². The highest BCUT2D eigenvalue weighted by Crippen LogP contribution is 2.30. The molecule has 2 rings (SSSR count). The molecule has 0 aliphatic heterocycles. The highest BCUT2D eigenvalue weighted by molar-refractivity contribution is 5.84. The number of aliphatic carboxylic acids is 1. The van der Waals surface area contributed by atoms with Crippen molar-refractivity contribution in [1.29, 1.82) is 0 Å². The fourth-order valence-corrected chi connectivity index (χ4v) is 2.62. The van der Waals surface area contributed by atoms with Crippen LogP contribution >= 0.6 is 0 Å². The predicted molar refractivity (Wildman–Crippen MR) is 85.7 cm³/mol. The van der Waals surface area contributed by atoms with E-state index < -0.39 is 11.5 Å². The molecule has 0 fully saturated rings. The number of anilines is 1. The molecule has 0 radical (unpaired) electrons. The first kappa shape index (κ1) is 15.1. The van der Waals surface area contributed by atoms with E-state index in [0.717, 1.165) is 27.9 Å². The van der Waals surface area contributed by atoms with Crippen LogP contribution in [-0.2, 0) is 10.3 Å². The first-order valence-electron chi connectivity index (χ1n) is 6.99. The molecule has 0 amide bonds. The minimum absolute atomic E-state index is 0.780. The van der Waals surface area contributed by atoms with E-state index in [1.165, 1.54) is 0 Å². The molecule has 0 aliphatic carbocycles. The molecule has 2 aromatic rings. The molecule has 0 aliphatic rings. The minimum Gasteiger partial charge on any atom is -0.479 e. The van der Waals surface area contributed by atoms with E-state index in [9.17, 15) is 9.90 Å². The molecular weight excluding hydrogens is 262 g/mol. The number of rotatable bonds is 4. The maximum Gasteiger partial charge on any atom is 0.333 e. The second-order valence-electron chi connectivity index (χ2n) is 5.74. The highest BCUT2D eigenvalue weighted by atomic mass is 16.4. The fourth-order valence-electron chi connectivity index (χ4n) is 2.62. The molecule has 21 heavy (non-hydrogen) atoms. The lowest BCUT2D eigenvalue weighted by atomic mass is 9.87. The lowest BCUT2D eigenvalue weighted by Crippen LogP contribution is -2.41. The Balaban J connectivity index is 2.48. The van der Waals surface area contributed by atoms with Crippen molar-refractivity contribution < 1.29 is 9.90 Å². The molecule has 0 spiro atoms. The van der Waals surface area contributed by atoms with E-state index in [-0.39, 0.29) is 0 Å². The molecular formula is C18H21NO2. The smallest absolute Gasteiger partial charge is 0.333 e. The van der Waals surface area contributed by atoms with Gasteiger partial charge in [0.25, 0.3) is 0 Å². The van der Waals surface area contributed by atoms with Gasteiger partial charge >= 0.3 is 5.97 Å². The van der Waals surface area contributed by atoms with Gasteiger partial charge in [-0.15, -0.1) is 0 Å². The maximum absolute atomic E-state index is 11.9. The van der Waals surface area contributed by atoms with Crippen molar-refractivity contribution in [3.05, 3.63) is 64.7 Å². The Bertz CT molecular complexity index is 679. The van der Waals surface area contributed by atoms with Gasteiger partial charge in [0.15, 0.2) is 5.54 Å². The average Bonchev–Trinajstić information content (AvgIpc) is 2.38. The van der Waals surface area contributed by atoms with Crippen LogP contribution in [0.5, 0.6) is 0 Å². The monoisotopic (exact) mass is 283 g/mol. The number of aryl methyl sites for hydroxylation is 3. The van der Waals surface area contributed by atoms with Crippen LogP contribution in [0.1, 0.15) is 29.2 Å². The van der Waals surface area contributed by atoms with E-state index in [1.54, 1.807) is 6.92 Å². The summed E-state index contributed by atoms with van der Waals surface area (Å²) >= 11 is 0. The molecule has 1 unspecified atom stereocenters. The van der Waals surface area contributed by atoms with Gasteiger partial charge in [-0.1, -0.05) is 35.9 Å². The van der Waals surface area contributed by atoms with Crippen LogP contribution in [0.25, 0.3) is 0 Å². The zero-order valence-corrected chi connectivity index (χ0v) is 12.9. The van der Waals surface area contributed by atoms with Crippen LogP contribution in [0.15, 0.2) is 42.5 Å². The summed E-state index contributed by atoms with van der Waals surface area (Å²) in [6, 6.07) is 13.6. The van der Waals surface area contributed by atoms with Crippen LogP contribution < -0.4 is 5.32 Å². The Morgan fingerprint density at radius 2 is 1.71 bits per heavy atom. The number of hydrogen-bond acceptors (Lipinski definition) is 2. The third-order valence-electron chi connectivity index (χ3n) is 3.76. The van der Waals surface area contributed by atoms with Crippen molar-refractivity contribution in [2.75, 3.05) is 5.32 Å². The van der Waals surface area contributed by atoms with Crippen LogP contribution in [0.3, 0.4) is 0 Å². The van der Waals surface area contributed by atoms with Gasteiger partial charge < -0.3 is 10.4 Å². The quantitative estimate of drug-likeness (QED) is 0.891. The second kappa shape index (κ2) is 5.60. The van der Waals surface area contributed by atoms with Gasteiger partial charge in [-0.3, -0.25) is 0 Å². The molecule has 0 saturated carbocycles. The molecule has 3 heteroatoms. The molecule has 2 N–H and O–H groups in total. The van der Waals surface area contributed by atoms with Crippen molar-refractivity contribution in [2.24, 2.45) is 0 Å². The van der Waals surface area contributed by atoms with Gasteiger partial charge in [0, 0.05) is 5.69 Å². The third kappa shape index (κ3) is 3.07. The lowest BCUT2D eigenvalue weighted by Gasteiger charge is -2.30. The van der Waals surface area contributed by atoms with E-state index in [4.69, 9.17) is 0 Å². The van der Waals surface area contributed by atoms with Crippen LogP contribution in [0.2, 0.25) is 0 Å². The van der Waals surface area contributed by atoms with E-state index in [2.05, 4.69) is 5.32 Å². The summed E-state index contributed by atoms with van der Waals surface area (Å²) in [5.41, 5.74) is 3.61. The normalized spacial score (nSPS) is 13.5. The molecule has 0 bridgehead atoms. The van der Waals surface area contributed by atoms with Gasteiger partial charge in [0.1, 0.15) is 0 Å². The summed E-state index contributed by atoms with van der Waals surface area (Å²) in [7, 11) is 0. The molecule has 0 saturated heterocycles. The number of carboxylic acid groups (broad SMARTS) is 1. The molecule has 110 valence electrons. The summed E-state index contributed by atoms with van der Waals surface area (Å²) < 4.78 is 0. The van der Waals surface area contributed by atoms with Crippen molar-refractivity contribution in [1.82, 2.24) is 0 Å². The highest BCUT2D eigenvalue weighted by Gasteiger charge is 2.36. The molecule has 0 heterocycles. The Morgan fingerprint density at radius 1 is 1.05 bits per heavy atom. The minimum atomic E-state index is -1.16. The van der Waals surface area contributed by atoms with E-state index in [1.807, 2.05) is 63.2 Å². The SMILES string of the molecule is Cc1cccc(NC(C)(C(=O)O)c2ccc(C)cc2C)c1. The van der Waals surface area contributed by atoms with Gasteiger partial charge in [0.05, 0.1) is 0 Å². The van der Waals surface area contributed by atoms with Crippen molar-refractivity contribution in [3.8, 4) is 0 Å². The number of carboxylic acids is 1. The second-order valence-corrected chi connectivity index (χ2v) is 5.74.